The predicted octanol–water partition coefficient (Wildman–Crippen LogP) is 4.05. The van der Waals surface area contributed by atoms with Gasteiger partial charge in [0, 0.05) is 11.8 Å². The van der Waals surface area contributed by atoms with Crippen LogP contribution < -0.4 is 30.2 Å². The summed E-state index contributed by atoms with van der Waals surface area (Å²) < 4.78 is 13.7. The molecule has 0 saturated heterocycles. The number of benzene rings is 2. The van der Waals surface area contributed by atoms with Gasteiger partial charge in [-0.15, -0.1) is 0 Å². The first-order chi connectivity index (χ1) is 14.7. The molecule has 0 aliphatic rings. The number of hydrogen-bond donors (Lipinski definition) is 3. The van der Waals surface area contributed by atoms with Crippen LogP contribution >= 0.6 is 47.0 Å². The summed E-state index contributed by atoms with van der Waals surface area (Å²) in [5, 5.41) is 8.53. The summed E-state index contributed by atoms with van der Waals surface area (Å²) in [5.41, 5.74) is 1.38. The first-order valence-electron chi connectivity index (χ1n) is 8.94. The summed E-state index contributed by atoms with van der Waals surface area (Å²) in [6, 6.07) is 12.2. The number of anilines is 1. The number of nitrogens with one attached hydrogen (secondary N) is 3. The van der Waals surface area contributed by atoms with Crippen molar-refractivity contribution in [1.29, 1.82) is 0 Å². The van der Waals surface area contributed by atoms with Crippen molar-refractivity contribution in [3.8, 4) is 17.2 Å². The van der Waals surface area contributed by atoms with E-state index in [1.807, 2.05) is 0 Å². The molecule has 31 heavy (non-hydrogen) atoms. The van der Waals surface area contributed by atoms with E-state index in [4.69, 9.17) is 61.2 Å². The molecule has 0 heterocycles. The van der Waals surface area contributed by atoms with E-state index in [9.17, 15) is 4.79 Å². The topological polar surface area (TPSA) is 80.9 Å². The molecule has 0 spiro atoms. The molecular formula is C20H22Cl3N3O4S. The normalized spacial score (nSPS) is 11.8. The number of carbonyl (C=O) groups is 1. The van der Waals surface area contributed by atoms with Gasteiger partial charge in [-0.1, -0.05) is 46.9 Å². The van der Waals surface area contributed by atoms with Crippen LogP contribution in [0.4, 0.5) is 5.69 Å². The zero-order chi connectivity index (χ0) is 23.0. The van der Waals surface area contributed by atoms with Crippen LogP contribution in [0.15, 0.2) is 42.5 Å². The van der Waals surface area contributed by atoms with Crippen LogP contribution in [0.25, 0.3) is 0 Å². The van der Waals surface area contributed by atoms with Gasteiger partial charge in [-0.05, 0) is 42.0 Å². The van der Waals surface area contributed by atoms with Crippen molar-refractivity contribution in [3.63, 3.8) is 0 Å². The van der Waals surface area contributed by atoms with Gasteiger partial charge in [0.1, 0.15) is 11.9 Å². The molecule has 0 bridgehead atoms. The van der Waals surface area contributed by atoms with Gasteiger partial charge in [0.2, 0.25) is 9.70 Å². The zero-order valence-corrected chi connectivity index (χ0v) is 20.1. The van der Waals surface area contributed by atoms with Crippen molar-refractivity contribution in [1.82, 2.24) is 10.6 Å². The Morgan fingerprint density at radius 1 is 0.968 bits per heavy atom. The second-order valence-corrected chi connectivity index (χ2v) is 9.01. The van der Waals surface area contributed by atoms with Crippen molar-refractivity contribution in [2.75, 3.05) is 26.6 Å². The third-order valence-corrected chi connectivity index (χ3v) is 4.95. The van der Waals surface area contributed by atoms with E-state index in [0.717, 1.165) is 5.56 Å². The van der Waals surface area contributed by atoms with Gasteiger partial charge in [0.05, 0.1) is 27.8 Å². The summed E-state index contributed by atoms with van der Waals surface area (Å²) in [6.07, 6.45) is -0.998. The van der Waals surface area contributed by atoms with E-state index < -0.39 is 9.96 Å². The molecule has 7 nitrogen and oxygen atoms in total. The Morgan fingerprint density at radius 3 is 2.16 bits per heavy atom. The number of ether oxygens (including phenoxy) is 3. The fourth-order valence-electron chi connectivity index (χ4n) is 2.55. The maximum atomic E-state index is 12.5. The smallest absolute Gasteiger partial charge is 0.228 e. The molecule has 0 aliphatic heterocycles. The third kappa shape index (κ3) is 7.81. The number of methoxy groups -OCH3 is 3. The zero-order valence-electron chi connectivity index (χ0n) is 17.0. The molecular weight excluding hydrogens is 485 g/mol. The number of halogens is 3. The molecule has 2 rings (SSSR count). The number of amides is 1. The molecule has 2 aromatic rings. The highest BCUT2D eigenvalue weighted by molar-refractivity contribution is 7.80. The van der Waals surface area contributed by atoms with Crippen molar-refractivity contribution >= 4 is 63.7 Å². The molecule has 1 amide bonds. The number of carbonyl (C=O) groups excluding carboxylic acids is 1. The Kier molecular flexibility index (Phi) is 9.31. The Balaban J connectivity index is 2.01. The SMILES string of the molecule is COc1ccc(CC(=O)NC(NC(=S)Nc2ccc(OC)c(OC)c2)C(Cl)(Cl)Cl)cc1. The summed E-state index contributed by atoms with van der Waals surface area (Å²) in [7, 11) is 4.63. The average Bonchev–Trinajstić information content (AvgIpc) is 2.73. The quantitative estimate of drug-likeness (QED) is 0.283. The van der Waals surface area contributed by atoms with Crippen LogP contribution in [0.5, 0.6) is 17.2 Å². The fourth-order valence-corrected chi connectivity index (χ4v) is 3.12. The molecule has 1 unspecified atom stereocenters. The summed E-state index contributed by atoms with van der Waals surface area (Å²) in [5.74, 6) is 1.41. The number of hydrogen-bond acceptors (Lipinski definition) is 5. The number of rotatable bonds is 8. The summed E-state index contributed by atoms with van der Waals surface area (Å²) in [4.78, 5) is 12.5. The van der Waals surface area contributed by atoms with E-state index in [2.05, 4.69) is 16.0 Å². The standard InChI is InChI=1S/C20H22Cl3N3O4S/c1-28-14-7-4-12(5-8-14)10-17(27)25-18(20(21,22)23)26-19(31)24-13-6-9-15(29-2)16(11-13)30-3/h4-9,11,18H,10H2,1-3H3,(H,25,27)(H2,24,26,31). The van der Waals surface area contributed by atoms with E-state index in [0.29, 0.717) is 22.9 Å². The number of alkyl halides is 3. The van der Waals surface area contributed by atoms with Gasteiger partial charge in [-0.25, -0.2) is 0 Å². The Hall–Kier alpha value is -2.13. The minimum Gasteiger partial charge on any atom is -0.497 e. The molecule has 0 radical (unpaired) electrons. The van der Waals surface area contributed by atoms with Crippen LogP contribution in [0.2, 0.25) is 0 Å². The van der Waals surface area contributed by atoms with E-state index >= 15 is 0 Å². The highest BCUT2D eigenvalue weighted by atomic mass is 35.6. The molecule has 0 aliphatic carbocycles. The first kappa shape index (κ1) is 25.1. The van der Waals surface area contributed by atoms with Crippen molar-refractivity contribution < 1.29 is 19.0 Å². The number of thiocarbonyl (C=S) groups is 1. The summed E-state index contributed by atoms with van der Waals surface area (Å²) >= 11 is 23.4. The average molecular weight is 507 g/mol. The van der Waals surface area contributed by atoms with Crippen molar-refractivity contribution in [2.45, 2.75) is 16.4 Å². The van der Waals surface area contributed by atoms with Crippen LogP contribution in [0.1, 0.15) is 5.56 Å². The van der Waals surface area contributed by atoms with Crippen LogP contribution in [-0.4, -0.2) is 42.3 Å². The largest absolute Gasteiger partial charge is 0.497 e. The molecule has 168 valence electrons. The van der Waals surface area contributed by atoms with Crippen molar-refractivity contribution in [3.05, 3.63) is 48.0 Å². The van der Waals surface area contributed by atoms with E-state index in [1.165, 1.54) is 14.2 Å². The van der Waals surface area contributed by atoms with Crippen LogP contribution in [0, 0.1) is 0 Å². The van der Waals surface area contributed by atoms with Crippen LogP contribution in [-0.2, 0) is 11.2 Å². The third-order valence-electron chi connectivity index (χ3n) is 4.07. The molecule has 1 atom stereocenters. The lowest BCUT2D eigenvalue weighted by Gasteiger charge is -2.28. The second-order valence-electron chi connectivity index (χ2n) is 6.24. The lowest BCUT2D eigenvalue weighted by atomic mass is 10.1. The Labute approximate surface area is 201 Å². The predicted molar refractivity (Wildman–Crippen MR) is 128 cm³/mol. The highest BCUT2D eigenvalue weighted by Gasteiger charge is 2.34. The monoisotopic (exact) mass is 505 g/mol. The van der Waals surface area contributed by atoms with Crippen LogP contribution in [0.3, 0.4) is 0 Å². The minimum absolute atomic E-state index is 0.0821. The van der Waals surface area contributed by atoms with Gasteiger partial charge in [0.25, 0.3) is 0 Å². The Bertz CT molecular complexity index is 908. The molecule has 11 heteroatoms. The molecule has 0 fully saturated rings. The van der Waals surface area contributed by atoms with Gasteiger partial charge < -0.3 is 30.2 Å². The molecule has 3 N–H and O–H groups in total. The maximum Gasteiger partial charge on any atom is 0.228 e. The summed E-state index contributed by atoms with van der Waals surface area (Å²) in [6.45, 7) is 0. The highest BCUT2D eigenvalue weighted by Crippen LogP contribution is 2.31. The lowest BCUT2D eigenvalue weighted by molar-refractivity contribution is -0.121. The van der Waals surface area contributed by atoms with Gasteiger partial charge in [-0.2, -0.15) is 0 Å². The minimum atomic E-state index is -1.86. The van der Waals surface area contributed by atoms with E-state index in [-0.39, 0.29) is 17.4 Å². The molecule has 2 aromatic carbocycles. The lowest BCUT2D eigenvalue weighted by Crippen LogP contribution is -2.56. The van der Waals surface area contributed by atoms with Gasteiger partial charge in [-0.3, -0.25) is 4.79 Å². The van der Waals surface area contributed by atoms with Crippen molar-refractivity contribution in [2.24, 2.45) is 0 Å². The fraction of sp³-hybridized carbons (Fsp3) is 0.300. The van der Waals surface area contributed by atoms with Gasteiger partial charge >= 0.3 is 0 Å². The van der Waals surface area contributed by atoms with E-state index in [1.54, 1.807) is 49.6 Å². The second kappa shape index (κ2) is 11.5. The Morgan fingerprint density at radius 2 is 1.61 bits per heavy atom. The molecule has 0 aromatic heterocycles. The maximum absolute atomic E-state index is 12.5. The first-order valence-corrected chi connectivity index (χ1v) is 10.5. The van der Waals surface area contributed by atoms with Gasteiger partial charge in [0.15, 0.2) is 16.6 Å². The molecule has 0 saturated carbocycles.